The summed E-state index contributed by atoms with van der Waals surface area (Å²) < 4.78 is 0. The number of likely N-dealkylation sites (tertiary alicyclic amines) is 1. The molecule has 2 nitrogen and oxygen atoms in total. The Labute approximate surface area is 114 Å². The molecule has 0 amide bonds. The lowest BCUT2D eigenvalue weighted by molar-refractivity contribution is 0.251. The van der Waals surface area contributed by atoms with Gasteiger partial charge in [-0.25, -0.2) is 0 Å². The number of nitrogens with one attached hydrogen (secondary N) is 1. The zero-order valence-electron chi connectivity index (χ0n) is 12.6. The van der Waals surface area contributed by atoms with Gasteiger partial charge in [-0.05, 0) is 65.0 Å². The number of rotatable bonds is 5. The molecule has 0 aromatic carbocycles. The summed E-state index contributed by atoms with van der Waals surface area (Å²) in [6.45, 7) is 10.9. The second kappa shape index (κ2) is 6.91. The Balaban J connectivity index is 1.65. The molecular formula is C16H32N2. The van der Waals surface area contributed by atoms with Gasteiger partial charge in [-0.1, -0.05) is 19.3 Å². The van der Waals surface area contributed by atoms with Crippen molar-refractivity contribution < 1.29 is 0 Å². The summed E-state index contributed by atoms with van der Waals surface area (Å²) >= 11 is 0. The molecular weight excluding hydrogens is 220 g/mol. The maximum absolute atomic E-state index is 3.83. The minimum atomic E-state index is 0.728. The predicted molar refractivity (Wildman–Crippen MR) is 78.9 cm³/mol. The second-order valence-corrected chi connectivity index (χ2v) is 6.84. The van der Waals surface area contributed by atoms with E-state index in [1.165, 1.54) is 58.2 Å². The van der Waals surface area contributed by atoms with Crippen LogP contribution in [0.2, 0.25) is 0 Å². The molecule has 1 saturated heterocycles. The fourth-order valence-corrected chi connectivity index (χ4v) is 3.65. The quantitative estimate of drug-likeness (QED) is 0.808. The SMILES string of the molecule is CC(NCC1CCN(C(C)C)C1)C1CCCCC1. The highest BCUT2D eigenvalue weighted by Gasteiger charge is 2.25. The van der Waals surface area contributed by atoms with E-state index in [0.717, 1.165) is 23.9 Å². The predicted octanol–water partition coefficient (Wildman–Crippen LogP) is 3.28. The van der Waals surface area contributed by atoms with Crippen LogP contribution in [0, 0.1) is 11.8 Å². The minimum absolute atomic E-state index is 0.728. The third kappa shape index (κ3) is 3.96. The minimum Gasteiger partial charge on any atom is -0.314 e. The Hall–Kier alpha value is -0.0800. The van der Waals surface area contributed by atoms with Crippen molar-refractivity contribution in [3.63, 3.8) is 0 Å². The van der Waals surface area contributed by atoms with Gasteiger partial charge in [0.15, 0.2) is 0 Å². The van der Waals surface area contributed by atoms with Crippen LogP contribution in [0.5, 0.6) is 0 Å². The van der Waals surface area contributed by atoms with E-state index in [1.54, 1.807) is 0 Å². The molecule has 2 fully saturated rings. The third-order valence-corrected chi connectivity index (χ3v) is 5.13. The molecule has 1 aliphatic carbocycles. The van der Waals surface area contributed by atoms with E-state index in [1.807, 2.05) is 0 Å². The third-order valence-electron chi connectivity index (χ3n) is 5.13. The first kappa shape index (κ1) is 14.3. The van der Waals surface area contributed by atoms with Crippen molar-refractivity contribution in [2.75, 3.05) is 19.6 Å². The Bertz CT molecular complexity index is 233. The van der Waals surface area contributed by atoms with Gasteiger partial charge in [0.05, 0.1) is 0 Å². The summed E-state index contributed by atoms with van der Waals surface area (Å²) in [6.07, 6.45) is 8.69. The molecule has 1 heterocycles. The monoisotopic (exact) mass is 252 g/mol. The van der Waals surface area contributed by atoms with Gasteiger partial charge in [-0.3, -0.25) is 0 Å². The van der Waals surface area contributed by atoms with Crippen LogP contribution >= 0.6 is 0 Å². The Morgan fingerprint density at radius 2 is 1.78 bits per heavy atom. The maximum Gasteiger partial charge on any atom is 0.00671 e. The van der Waals surface area contributed by atoms with E-state index >= 15 is 0 Å². The fourth-order valence-electron chi connectivity index (χ4n) is 3.65. The lowest BCUT2D eigenvalue weighted by Crippen LogP contribution is -2.38. The van der Waals surface area contributed by atoms with Crippen LogP contribution in [0.15, 0.2) is 0 Å². The lowest BCUT2D eigenvalue weighted by atomic mass is 9.84. The van der Waals surface area contributed by atoms with Gasteiger partial charge in [0.1, 0.15) is 0 Å². The summed E-state index contributed by atoms with van der Waals surface area (Å²) in [7, 11) is 0. The molecule has 0 aromatic heterocycles. The Morgan fingerprint density at radius 3 is 2.39 bits per heavy atom. The Kier molecular flexibility index (Phi) is 5.50. The molecule has 1 aliphatic heterocycles. The highest BCUT2D eigenvalue weighted by atomic mass is 15.2. The first-order valence-corrected chi connectivity index (χ1v) is 8.14. The van der Waals surface area contributed by atoms with Crippen LogP contribution in [-0.2, 0) is 0 Å². The van der Waals surface area contributed by atoms with Gasteiger partial charge in [0, 0.05) is 18.6 Å². The summed E-state index contributed by atoms with van der Waals surface area (Å²) in [4.78, 5) is 2.62. The molecule has 0 aromatic rings. The molecule has 18 heavy (non-hydrogen) atoms. The van der Waals surface area contributed by atoms with Crippen molar-refractivity contribution >= 4 is 0 Å². The highest BCUT2D eigenvalue weighted by Crippen LogP contribution is 2.26. The zero-order valence-corrected chi connectivity index (χ0v) is 12.6. The average Bonchev–Trinajstić information content (AvgIpc) is 2.86. The summed E-state index contributed by atoms with van der Waals surface area (Å²) in [6, 6.07) is 1.46. The van der Waals surface area contributed by atoms with E-state index in [0.29, 0.717) is 0 Å². The lowest BCUT2D eigenvalue weighted by Gasteiger charge is -2.29. The van der Waals surface area contributed by atoms with Crippen LogP contribution in [0.25, 0.3) is 0 Å². The first-order valence-electron chi connectivity index (χ1n) is 8.14. The highest BCUT2D eigenvalue weighted by molar-refractivity contribution is 4.82. The molecule has 2 heteroatoms. The molecule has 1 N–H and O–H groups in total. The topological polar surface area (TPSA) is 15.3 Å². The van der Waals surface area contributed by atoms with E-state index < -0.39 is 0 Å². The van der Waals surface area contributed by atoms with Crippen molar-refractivity contribution in [2.45, 2.75) is 71.4 Å². The fraction of sp³-hybridized carbons (Fsp3) is 1.00. The summed E-state index contributed by atoms with van der Waals surface area (Å²) in [5.74, 6) is 1.83. The molecule has 0 radical (unpaired) electrons. The van der Waals surface area contributed by atoms with E-state index in [2.05, 4.69) is 31.0 Å². The molecule has 2 rings (SSSR count). The molecule has 0 bridgehead atoms. The van der Waals surface area contributed by atoms with Crippen LogP contribution in [0.4, 0.5) is 0 Å². The normalized spacial score (nSPS) is 29.0. The molecule has 1 saturated carbocycles. The molecule has 2 atom stereocenters. The van der Waals surface area contributed by atoms with E-state index in [4.69, 9.17) is 0 Å². The first-order chi connectivity index (χ1) is 8.66. The summed E-state index contributed by atoms with van der Waals surface area (Å²) in [5.41, 5.74) is 0. The van der Waals surface area contributed by atoms with E-state index in [9.17, 15) is 0 Å². The van der Waals surface area contributed by atoms with Gasteiger partial charge < -0.3 is 10.2 Å². The van der Waals surface area contributed by atoms with Crippen LogP contribution in [-0.4, -0.2) is 36.6 Å². The molecule has 0 spiro atoms. The van der Waals surface area contributed by atoms with Crippen molar-refractivity contribution in [1.29, 1.82) is 0 Å². The summed E-state index contributed by atoms with van der Waals surface area (Å²) in [5, 5.41) is 3.83. The zero-order chi connectivity index (χ0) is 13.0. The van der Waals surface area contributed by atoms with Gasteiger partial charge in [-0.2, -0.15) is 0 Å². The standard InChI is InChI=1S/C16H32N2/c1-13(2)18-10-9-15(12-18)11-17-14(3)16-7-5-4-6-8-16/h13-17H,4-12H2,1-3H3. The van der Waals surface area contributed by atoms with E-state index in [-0.39, 0.29) is 0 Å². The largest absolute Gasteiger partial charge is 0.314 e. The maximum atomic E-state index is 3.83. The van der Waals surface area contributed by atoms with Gasteiger partial charge in [0.2, 0.25) is 0 Å². The van der Waals surface area contributed by atoms with Gasteiger partial charge >= 0.3 is 0 Å². The van der Waals surface area contributed by atoms with Crippen LogP contribution < -0.4 is 5.32 Å². The van der Waals surface area contributed by atoms with Crippen molar-refractivity contribution in [3.05, 3.63) is 0 Å². The molecule has 2 unspecified atom stereocenters. The molecule has 106 valence electrons. The van der Waals surface area contributed by atoms with Crippen molar-refractivity contribution in [1.82, 2.24) is 10.2 Å². The van der Waals surface area contributed by atoms with Crippen LogP contribution in [0.1, 0.15) is 59.3 Å². The Morgan fingerprint density at radius 1 is 1.06 bits per heavy atom. The number of hydrogen-bond donors (Lipinski definition) is 1. The average molecular weight is 252 g/mol. The second-order valence-electron chi connectivity index (χ2n) is 6.84. The van der Waals surface area contributed by atoms with Crippen molar-refractivity contribution in [3.8, 4) is 0 Å². The van der Waals surface area contributed by atoms with Gasteiger partial charge in [0.25, 0.3) is 0 Å². The molecule has 2 aliphatic rings. The van der Waals surface area contributed by atoms with Gasteiger partial charge in [-0.15, -0.1) is 0 Å². The number of hydrogen-bond acceptors (Lipinski definition) is 2. The smallest absolute Gasteiger partial charge is 0.00671 e. The van der Waals surface area contributed by atoms with Crippen LogP contribution in [0.3, 0.4) is 0 Å². The number of nitrogens with zero attached hydrogens (tertiary/aromatic N) is 1. The van der Waals surface area contributed by atoms with Crippen molar-refractivity contribution in [2.24, 2.45) is 11.8 Å².